The Labute approximate surface area is 129 Å². The number of hydrogen-bond acceptors (Lipinski definition) is 4. The molecule has 0 bridgehead atoms. The van der Waals surface area contributed by atoms with Gasteiger partial charge in [-0.3, -0.25) is 9.59 Å². The van der Waals surface area contributed by atoms with Gasteiger partial charge in [0.05, 0.1) is 19.1 Å². The smallest absolute Gasteiger partial charge is 0.328 e. The van der Waals surface area contributed by atoms with Gasteiger partial charge in [-0.05, 0) is 12.8 Å². The molecule has 0 spiro atoms. The van der Waals surface area contributed by atoms with Crippen LogP contribution in [-0.4, -0.2) is 71.1 Å². The van der Waals surface area contributed by atoms with E-state index in [1.807, 2.05) is 4.90 Å². The van der Waals surface area contributed by atoms with Gasteiger partial charge in [0.2, 0.25) is 11.8 Å². The number of nitrogens with zero attached hydrogens (tertiary/aromatic N) is 2. The number of carboxylic acids is 1. The highest BCUT2D eigenvalue weighted by molar-refractivity contribution is 5.91. The Kier molecular flexibility index (Phi) is 4.33. The van der Waals surface area contributed by atoms with Crippen LogP contribution in [0.25, 0.3) is 0 Å². The second-order valence-corrected chi connectivity index (χ2v) is 6.35. The van der Waals surface area contributed by atoms with Gasteiger partial charge in [-0.15, -0.1) is 0 Å². The zero-order valence-electron chi connectivity index (χ0n) is 12.6. The van der Waals surface area contributed by atoms with Gasteiger partial charge in [-0.2, -0.15) is 0 Å². The average molecular weight is 310 g/mol. The van der Waals surface area contributed by atoms with Crippen molar-refractivity contribution in [3.8, 4) is 0 Å². The molecule has 7 nitrogen and oxygen atoms in total. The minimum atomic E-state index is -1.05. The monoisotopic (exact) mass is 310 g/mol. The summed E-state index contributed by atoms with van der Waals surface area (Å²) in [6.45, 7) is 1.09. The summed E-state index contributed by atoms with van der Waals surface area (Å²) in [5.74, 6) is -1.65. The quantitative estimate of drug-likeness (QED) is 0.798. The van der Waals surface area contributed by atoms with E-state index in [0.717, 1.165) is 25.7 Å². The topological polar surface area (TPSA) is 87.1 Å². The van der Waals surface area contributed by atoms with Crippen molar-refractivity contribution >= 4 is 17.8 Å². The highest BCUT2D eigenvalue weighted by Gasteiger charge is 2.43. The van der Waals surface area contributed by atoms with Gasteiger partial charge in [0, 0.05) is 25.6 Å². The Balaban J connectivity index is 1.67. The van der Waals surface area contributed by atoms with E-state index in [2.05, 4.69) is 0 Å². The lowest BCUT2D eigenvalue weighted by Gasteiger charge is -2.34. The predicted octanol–water partition coefficient (Wildman–Crippen LogP) is 0.0895. The largest absolute Gasteiger partial charge is 0.480 e. The van der Waals surface area contributed by atoms with Gasteiger partial charge in [-0.25, -0.2) is 4.79 Å². The molecule has 3 fully saturated rings. The van der Waals surface area contributed by atoms with Gasteiger partial charge in [0.25, 0.3) is 0 Å². The first-order valence-electron chi connectivity index (χ1n) is 7.98. The van der Waals surface area contributed by atoms with Gasteiger partial charge >= 0.3 is 5.97 Å². The summed E-state index contributed by atoms with van der Waals surface area (Å²) in [4.78, 5) is 39.3. The van der Waals surface area contributed by atoms with E-state index >= 15 is 0 Å². The van der Waals surface area contributed by atoms with Crippen molar-refractivity contribution in [1.82, 2.24) is 9.80 Å². The van der Waals surface area contributed by atoms with Crippen molar-refractivity contribution in [2.75, 3.05) is 26.3 Å². The Morgan fingerprint density at radius 2 is 1.95 bits per heavy atom. The summed E-state index contributed by atoms with van der Waals surface area (Å²) in [7, 11) is 0. The van der Waals surface area contributed by atoms with Crippen LogP contribution >= 0.6 is 0 Å². The van der Waals surface area contributed by atoms with Crippen LogP contribution < -0.4 is 0 Å². The standard InChI is InChI=1S/C15H22N2O5/c18-13-7-10(8-17(13)11-3-1-2-4-11)14(19)16-5-6-22-9-12(16)15(20)21/h10-12H,1-9H2,(H,20,21)/t10-,12+/m1/s1. The first-order chi connectivity index (χ1) is 10.6. The van der Waals surface area contributed by atoms with Crippen LogP contribution in [0.2, 0.25) is 0 Å². The van der Waals surface area contributed by atoms with Crippen LogP contribution in [0.5, 0.6) is 0 Å². The molecule has 2 amide bonds. The number of ether oxygens (including phenoxy) is 1. The molecular formula is C15H22N2O5. The summed E-state index contributed by atoms with van der Waals surface area (Å²) in [6.07, 6.45) is 4.51. The molecule has 3 rings (SSSR count). The van der Waals surface area contributed by atoms with Crippen LogP contribution in [0.3, 0.4) is 0 Å². The van der Waals surface area contributed by atoms with Crippen LogP contribution in [0, 0.1) is 5.92 Å². The SMILES string of the molecule is O=C(O)[C@@H]1COCCN1C(=O)[C@@H]1CC(=O)N(C2CCCC2)C1. The number of amides is 2. The lowest BCUT2D eigenvalue weighted by Crippen LogP contribution is -2.54. The molecule has 2 aliphatic heterocycles. The molecule has 122 valence electrons. The minimum Gasteiger partial charge on any atom is -0.480 e. The molecule has 7 heteroatoms. The van der Waals surface area contributed by atoms with Crippen molar-refractivity contribution in [2.45, 2.75) is 44.2 Å². The number of aliphatic carboxylic acids is 1. The summed E-state index contributed by atoms with van der Waals surface area (Å²) in [6, 6.07) is -0.665. The van der Waals surface area contributed by atoms with Gasteiger partial charge < -0.3 is 19.6 Å². The van der Waals surface area contributed by atoms with E-state index in [0.29, 0.717) is 13.2 Å². The highest BCUT2D eigenvalue weighted by Crippen LogP contribution is 2.30. The van der Waals surface area contributed by atoms with Crippen molar-refractivity contribution in [3.63, 3.8) is 0 Å². The lowest BCUT2D eigenvalue weighted by atomic mass is 10.1. The Morgan fingerprint density at radius 3 is 2.64 bits per heavy atom. The molecule has 1 N–H and O–H groups in total. The Hall–Kier alpha value is -1.63. The zero-order valence-corrected chi connectivity index (χ0v) is 12.6. The third kappa shape index (κ3) is 2.82. The Bertz CT molecular complexity index is 475. The van der Waals surface area contributed by atoms with E-state index in [1.54, 1.807) is 0 Å². The zero-order chi connectivity index (χ0) is 15.7. The minimum absolute atomic E-state index is 0.0219. The van der Waals surface area contributed by atoms with E-state index in [1.165, 1.54) is 4.90 Å². The molecule has 1 saturated carbocycles. The number of rotatable bonds is 3. The Morgan fingerprint density at radius 1 is 1.23 bits per heavy atom. The molecule has 2 atom stereocenters. The second-order valence-electron chi connectivity index (χ2n) is 6.35. The maximum Gasteiger partial charge on any atom is 0.328 e. The number of carbonyl (C=O) groups is 3. The van der Waals surface area contributed by atoms with Crippen molar-refractivity contribution in [1.29, 1.82) is 0 Å². The maximum absolute atomic E-state index is 12.6. The van der Waals surface area contributed by atoms with E-state index in [9.17, 15) is 19.5 Å². The summed E-state index contributed by atoms with van der Waals surface area (Å²) >= 11 is 0. The summed E-state index contributed by atoms with van der Waals surface area (Å²) in [5.41, 5.74) is 0. The first-order valence-corrected chi connectivity index (χ1v) is 7.98. The molecule has 3 aliphatic rings. The molecule has 2 heterocycles. The molecule has 0 radical (unpaired) electrons. The molecule has 0 aromatic carbocycles. The van der Waals surface area contributed by atoms with E-state index < -0.39 is 17.9 Å². The fourth-order valence-corrected chi connectivity index (χ4v) is 3.77. The van der Waals surface area contributed by atoms with E-state index in [-0.39, 0.29) is 37.4 Å². The van der Waals surface area contributed by atoms with Crippen molar-refractivity contribution < 1.29 is 24.2 Å². The third-order valence-electron chi connectivity index (χ3n) is 4.97. The molecule has 2 saturated heterocycles. The van der Waals surface area contributed by atoms with Gasteiger partial charge in [0.15, 0.2) is 6.04 Å². The second kappa shape index (κ2) is 6.24. The van der Waals surface area contributed by atoms with Crippen LogP contribution in [0.4, 0.5) is 0 Å². The van der Waals surface area contributed by atoms with Gasteiger partial charge in [-0.1, -0.05) is 12.8 Å². The van der Waals surface area contributed by atoms with Crippen LogP contribution in [-0.2, 0) is 19.1 Å². The van der Waals surface area contributed by atoms with Crippen molar-refractivity contribution in [2.24, 2.45) is 5.92 Å². The third-order valence-corrected chi connectivity index (χ3v) is 4.97. The number of carboxylic acid groups (broad SMARTS) is 1. The molecule has 22 heavy (non-hydrogen) atoms. The first kappa shape index (κ1) is 15.3. The highest BCUT2D eigenvalue weighted by atomic mass is 16.5. The van der Waals surface area contributed by atoms with E-state index in [4.69, 9.17) is 4.74 Å². The molecule has 0 aromatic heterocycles. The molecular weight excluding hydrogens is 288 g/mol. The fraction of sp³-hybridized carbons (Fsp3) is 0.800. The molecule has 0 unspecified atom stereocenters. The number of carbonyl (C=O) groups excluding carboxylic acids is 2. The summed E-state index contributed by atoms with van der Waals surface area (Å²) < 4.78 is 5.16. The number of likely N-dealkylation sites (tertiary alicyclic amines) is 1. The maximum atomic E-state index is 12.6. The van der Waals surface area contributed by atoms with Crippen LogP contribution in [0.1, 0.15) is 32.1 Å². The lowest BCUT2D eigenvalue weighted by molar-refractivity contribution is -0.160. The van der Waals surface area contributed by atoms with Gasteiger partial charge in [0.1, 0.15) is 0 Å². The average Bonchev–Trinajstić information content (AvgIpc) is 3.15. The molecule has 0 aromatic rings. The normalized spacial score (nSPS) is 30.1. The number of morpholine rings is 1. The van der Waals surface area contributed by atoms with Crippen LogP contribution in [0.15, 0.2) is 0 Å². The van der Waals surface area contributed by atoms with Crippen molar-refractivity contribution in [3.05, 3.63) is 0 Å². The predicted molar refractivity (Wildman–Crippen MR) is 76.0 cm³/mol. The molecule has 1 aliphatic carbocycles. The summed E-state index contributed by atoms with van der Waals surface area (Å²) in [5, 5.41) is 9.23. The number of hydrogen-bond donors (Lipinski definition) is 1. The fourth-order valence-electron chi connectivity index (χ4n) is 3.77.